The van der Waals surface area contributed by atoms with Gasteiger partial charge in [-0.25, -0.2) is 14.6 Å². The van der Waals surface area contributed by atoms with Crippen molar-refractivity contribution in [3.8, 4) is 11.1 Å². The molecular formula is C23H30N8O. The van der Waals surface area contributed by atoms with Crippen LogP contribution in [0.25, 0.3) is 22.0 Å². The van der Waals surface area contributed by atoms with Gasteiger partial charge in [-0.3, -0.25) is 4.79 Å². The average Bonchev–Trinajstić information content (AvgIpc) is 3.56. The molecule has 2 aromatic heterocycles. The van der Waals surface area contributed by atoms with Crippen molar-refractivity contribution in [2.75, 3.05) is 58.8 Å². The summed E-state index contributed by atoms with van der Waals surface area (Å²) < 4.78 is 1.57. The minimum absolute atomic E-state index is 0.0765. The van der Waals surface area contributed by atoms with Crippen LogP contribution in [0.3, 0.4) is 0 Å². The van der Waals surface area contributed by atoms with Gasteiger partial charge in [0.15, 0.2) is 0 Å². The summed E-state index contributed by atoms with van der Waals surface area (Å²) in [4.78, 5) is 28.8. The molecule has 0 atom stereocenters. The van der Waals surface area contributed by atoms with E-state index in [4.69, 9.17) is 0 Å². The van der Waals surface area contributed by atoms with E-state index in [2.05, 4.69) is 37.1 Å². The van der Waals surface area contributed by atoms with Crippen LogP contribution >= 0.6 is 0 Å². The van der Waals surface area contributed by atoms with Gasteiger partial charge in [0.2, 0.25) is 5.95 Å². The number of piperazine rings is 1. The Balaban J connectivity index is 1.39. The highest BCUT2D eigenvalue weighted by molar-refractivity contribution is 5.83. The zero-order valence-electron chi connectivity index (χ0n) is 19.0. The first-order valence-corrected chi connectivity index (χ1v) is 11.2. The van der Waals surface area contributed by atoms with Gasteiger partial charge >= 0.3 is 0 Å². The number of anilines is 1. The highest BCUT2D eigenvalue weighted by Crippen LogP contribution is 2.47. The lowest BCUT2D eigenvalue weighted by atomic mass is 10.1. The minimum atomic E-state index is -0.0765. The van der Waals surface area contributed by atoms with Crippen LogP contribution in [0, 0.1) is 5.41 Å². The van der Waals surface area contributed by atoms with Crippen LogP contribution in [0.2, 0.25) is 0 Å². The standard InChI is InChI=1S/C23H30N8O/c1-28(2)22-24-13-18(14-25-22)17-4-5-20-19(12-17)21(32)31(27-26-20)16-23(6-7-23)15-30-10-8-29(3)9-11-30/h4-5,12-14H,6-11,15-16H2,1-3H3. The van der Waals surface area contributed by atoms with Crippen molar-refractivity contribution < 1.29 is 0 Å². The molecule has 1 aliphatic carbocycles. The third kappa shape index (κ3) is 4.22. The molecule has 2 fully saturated rings. The van der Waals surface area contributed by atoms with E-state index in [1.807, 2.05) is 37.2 Å². The van der Waals surface area contributed by atoms with Crippen LogP contribution in [-0.4, -0.2) is 88.6 Å². The number of aromatic nitrogens is 5. The van der Waals surface area contributed by atoms with Crippen molar-refractivity contribution in [2.24, 2.45) is 5.41 Å². The molecule has 1 saturated carbocycles. The van der Waals surface area contributed by atoms with Crippen LogP contribution in [0.4, 0.5) is 5.95 Å². The monoisotopic (exact) mass is 434 g/mol. The number of likely N-dealkylation sites (N-methyl/N-ethyl adjacent to an activating group) is 1. The van der Waals surface area contributed by atoms with Crippen LogP contribution in [0.15, 0.2) is 35.4 Å². The zero-order chi connectivity index (χ0) is 22.3. The van der Waals surface area contributed by atoms with Gasteiger partial charge in [-0.1, -0.05) is 11.3 Å². The predicted octanol–water partition coefficient (Wildman–Crippen LogP) is 1.34. The van der Waals surface area contributed by atoms with Crippen LogP contribution in [0.1, 0.15) is 12.8 Å². The number of hydrogen-bond acceptors (Lipinski definition) is 8. The molecule has 0 spiro atoms. The third-order valence-corrected chi connectivity index (χ3v) is 6.69. The number of nitrogens with zero attached hydrogens (tertiary/aromatic N) is 8. The Bertz CT molecular complexity index is 1160. The summed E-state index contributed by atoms with van der Waals surface area (Å²) in [7, 11) is 5.98. The molecule has 168 valence electrons. The highest BCUT2D eigenvalue weighted by Gasteiger charge is 2.45. The molecule has 5 rings (SSSR count). The van der Waals surface area contributed by atoms with Gasteiger partial charge in [0, 0.05) is 70.2 Å². The lowest BCUT2D eigenvalue weighted by Gasteiger charge is -2.34. The van der Waals surface area contributed by atoms with E-state index in [1.54, 1.807) is 17.1 Å². The predicted molar refractivity (Wildman–Crippen MR) is 125 cm³/mol. The van der Waals surface area contributed by atoms with Gasteiger partial charge in [-0.15, -0.1) is 5.10 Å². The van der Waals surface area contributed by atoms with Crippen molar-refractivity contribution in [3.05, 3.63) is 40.9 Å². The molecule has 32 heavy (non-hydrogen) atoms. The second kappa shape index (κ2) is 8.22. The molecule has 0 amide bonds. The third-order valence-electron chi connectivity index (χ3n) is 6.69. The molecule has 1 aliphatic heterocycles. The minimum Gasteiger partial charge on any atom is -0.347 e. The Morgan fingerprint density at radius 2 is 1.72 bits per heavy atom. The fourth-order valence-electron chi connectivity index (χ4n) is 4.40. The Kier molecular flexibility index (Phi) is 5.38. The lowest BCUT2D eigenvalue weighted by Crippen LogP contribution is -2.47. The molecule has 3 aromatic rings. The van der Waals surface area contributed by atoms with Crippen molar-refractivity contribution in [1.82, 2.24) is 34.8 Å². The van der Waals surface area contributed by atoms with Crippen molar-refractivity contribution in [1.29, 1.82) is 0 Å². The quantitative estimate of drug-likeness (QED) is 0.575. The Morgan fingerprint density at radius 1 is 1.00 bits per heavy atom. The first-order chi connectivity index (χ1) is 15.4. The first-order valence-electron chi connectivity index (χ1n) is 11.2. The molecular weight excluding hydrogens is 404 g/mol. The van der Waals surface area contributed by atoms with E-state index in [-0.39, 0.29) is 11.0 Å². The van der Waals surface area contributed by atoms with E-state index in [0.717, 1.165) is 56.7 Å². The number of fused-ring (bicyclic) bond motifs is 1. The second-order valence-electron chi connectivity index (χ2n) is 9.53. The summed E-state index contributed by atoms with van der Waals surface area (Å²) in [5, 5.41) is 9.19. The molecule has 0 N–H and O–H groups in total. The highest BCUT2D eigenvalue weighted by atomic mass is 16.1. The summed E-state index contributed by atoms with van der Waals surface area (Å²) in [6.07, 6.45) is 5.85. The van der Waals surface area contributed by atoms with Crippen LogP contribution in [0.5, 0.6) is 0 Å². The summed E-state index contributed by atoms with van der Waals surface area (Å²) in [6.45, 7) is 6.05. The van der Waals surface area contributed by atoms with Gasteiger partial charge in [-0.2, -0.15) is 0 Å². The number of rotatable bonds is 6. The molecule has 0 radical (unpaired) electrons. The maximum Gasteiger partial charge on any atom is 0.277 e. The molecule has 9 heteroatoms. The lowest BCUT2D eigenvalue weighted by molar-refractivity contribution is 0.123. The fraction of sp³-hybridized carbons (Fsp3) is 0.522. The maximum atomic E-state index is 13.3. The zero-order valence-corrected chi connectivity index (χ0v) is 19.0. The summed E-state index contributed by atoms with van der Waals surface area (Å²) in [5.74, 6) is 0.651. The van der Waals surface area contributed by atoms with E-state index < -0.39 is 0 Å². The van der Waals surface area contributed by atoms with Gasteiger partial charge in [-0.05, 0) is 37.6 Å². The molecule has 3 heterocycles. The molecule has 2 aliphatic rings. The molecule has 0 unspecified atom stereocenters. The van der Waals surface area contributed by atoms with E-state index in [9.17, 15) is 4.79 Å². The van der Waals surface area contributed by atoms with Crippen molar-refractivity contribution in [2.45, 2.75) is 19.4 Å². The Labute approximate surface area is 187 Å². The fourth-order valence-corrected chi connectivity index (χ4v) is 4.40. The van der Waals surface area contributed by atoms with Gasteiger partial charge in [0.05, 0.1) is 11.9 Å². The second-order valence-corrected chi connectivity index (χ2v) is 9.53. The van der Waals surface area contributed by atoms with Gasteiger partial charge in [0.1, 0.15) is 5.52 Å². The van der Waals surface area contributed by atoms with Crippen LogP contribution < -0.4 is 10.5 Å². The van der Waals surface area contributed by atoms with E-state index in [1.165, 1.54) is 0 Å². The van der Waals surface area contributed by atoms with E-state index in [0.29, 0.717) is 23.4 Å². The SMILES string of the molecule is CN1CCN(CC2(Cn3nnc4ccc(-c5cnc(N(C)C)nc5)cc4c3=O)CC2)CC1. The largest absolute Gasteiger partial charge is 0.347 e. The Morgan fingerprint density at radius 3 is 2.38 bits per heavy atom. The Hall–Kier alpha value is -2.91. The van der Waals surface area contributed by atoms with Crippen molar-refractivity contribution in [3.63, 3.8) is 0 Å². The van der Waals surface area contributed by atoms with Gasteiger partial charge in [0.25, 0.3) is 5.56 Å². The molecule has 9 nitrogen and oxygen atoms in total. The number of hydrogen-bond donors (Lipinski definition) is 0. The first kappa shape index (κ1) is 21.0. The summed E-state index contributed by atoms with van der Waals surface area (Å²) in [5.41, 5.74) is 2.46. The topological polar surface area (TPSA) is 83.3 Å². The van der Waals surface area contributed by atoms with E-state index >= 15 is 0 Å². The smallest absolute Gasteiger partial charge is 0.277 e. The average molecular weight is 435 g/mol. The summed E-state index contributed by atoms with van der Waals surface area (Å²) >= 11 is 0. The number of benzene rings is 1. The molecule has 1 aromatic carbocycles. The normalized spacial score (nSPS) is 18.7. The molecule has 1 saturated heterocycles. The maximum absolute atomic E-state index is 13.3. The molecule has 0 bridgehead atoms. The summed E-state index contributed by atoms with van der Waals surface area (Å²) in [6, 6.07) is 5.67. The van der Waals surface area contributed by atoms with Gasteiger partial charge < -0.3 is 14.7 Å². The van der Waals surface area contributed by atoms with Crippen molar-refractivity contribution >= 4 is 16.9 Å². The van der Waals surface area contributed by atoms with Crippen LogP contribution in [-0.2, 0) is 6.54 Å².